The maximum absolute atomic E-state index is 12.4. The van der Waals surface area contributed by atoms with Gasteiger partial charge in [-0.3, -0.25) is 9.59 Å². The molecule has 4 atom stereocenters. The number of amides is 2. The van der Waals surface area contributed by atoms with Crippen LogP contribution in [0.3, 0.4) is 0 Å². The van der Waals surface area contributed by atoms with Crippen LogP contribution in [0, 0.1) is 0 Å². The molecule has 25 heavy (non-hydrogen) atoms. The summed E-state index contributed by atoms with van der Waals surface area (Å²) in [5.41, 5.74) is 0.313. The van der Waals surface area contributed by atoms with Crippen LogP contribution in [0.4, 0.5) is 0 Å². The molecule has 134 valence electrons. The highest BCUT2D eigenvalue weighted by Crippen LogP contribution is 2.41. The van der Waals surface area contributed by atoms with Gasteiger partial charge in [0.05, 0.1) is 12.5 Å². The molecule has 7 nitrogen and oxygen atoms in total. The molecule has 0 radical (unpaired) electrons. The van der Waals surface area contributed by atoms with Crippen molar-refractivity contribution in [1.29, 1.82) is 0 Å². The number of aliphatic carboxylic acids is 1. The molecule has 0 spiro atoms. The second kappa shape index (κ2) is 7.19. The number of carboxylic acid groups (broad SMARTS) is 1. The first-order valence-electron chi connectivity index (χ1n) is 7.84. The van der Waals surface area contributed by atoms with Gasteiger partial charge in [-0.2, -0.15) is 0 Å². The molecule has 2 amide bonds. The molecule has 1 saturated heterocycles. The van der Waals surface area contributed by atoms with Gasteiger partial charge in [0.15, 0.2) is 6.04 Å². The average Bonchev–Trinajstić information content (AvgIpc) is 3.10. The van der Waals surface area contributed by atoms with E-state index in [1.807, 2.05) is 17.5 Å². The first-order chi connectivity index (χ1) is 11.9. The maximum Gasteiger partial charge on any atom is 0.330 e. The van der Waals surface area contributed by atoms with Crippen LogP contribution in [0.5, 0.6) is 0 Å². The fourth-order valence-electron chi connectivity index (χ4n) is 2.97. The van der Waals surface area contributed by atoms with Crippen LogP contribution in [0.2, 0.25) is 0 Å². The topological polar surface area (TPSA) is 107 Å². The van der Waals surface area contributed by atoms with Crippen molar-refractivity contribution in [3.05, 3.63) is 33.4 Å². The predicted octanol–water partition coefficient (Wildman–Crippen LogP) is 0.798. The normalized spacial score (nSPS) is 26.3. The van der Waals surface area contributed by atoms with Crippen LogP contribution >= 0.6 is 23.1 Å². The minimum Gasteiger partial charge on any atom is -0.479 e. The summed E-state index contributed by atoms with van der Waals surface area (Å²) < 4.78 is 0. The third kappa shape index (κ3) is 3.31. The number of hydrogen-bond acceptors (Lipinski definition) is 6. The Bertz CT molecular complexity index is 718. The minimum atomic E-state index is -1.18. The number of nitrogens with zero attached hydrogens (tertiary/aromatic N) is 1. The molecular weight excluding hydrogens is 364 g/mol. The second-order valence-corrected chi connectivity index (χ2v) is 7.88. The molecule has 0 bridgehead atoms. The lowest BCUT2D eigenvalue weighted by Gasteiger charge is -2.51. The Balaban J connectivity index is 1.71. The highest BCUT2D eigenvalue weighted by molar-refractivity contribution is 8.03. The Hall–Kier alpha value is -1.84. The zero-order chi connectivity index (χ0) is 18.1. The number of aliphatic hydroxyl groups is 1. The molecule has 0 aliphatic carbocycles. The summed E-state index contributed by atoms with van der Waals surface area (Å²) in [6.07, 6.45) is -0.351. The van der Waals surface area contributed by atoms with E-state index in [0.29, 0.717) is 12.0 Å². The summed E-state index contributed by atoms with van der Waals surface area (Å²) in [4.78, 5) is 38.3. The number of carboxylic acids is 1. The van der Waals surface area contributed by atoms with Crippen LogP contribution in [0.25, 0.3) is 0 Å². The molecule has 0 aromatic carbocycles. The molecule has 2 aliphatic heterocycles. The average molecular weight is 382 g/mol. The zero-order valence-corrected chi connectivity index (χ0v) is 15.0. The number of carbonyl (C=O) groups excluding carboxylic acids is 2. The lowest BCUT2D eigenvalue weighted by Crippen LogP contribution is -2.74. The van der Waals surface area contributed by atoms with E-state index >= 15 is 0 Å². The third-order valence-corrected chi connectivity index (χ3v) is 6.32. The number of fused-ring (bicyclic) bond motifs is 1. The highest BCUT2D eigenvalue weighted by atomic mass is 32.2. The number of hydrogen-bond donors (Lipinski definition) is 3. The van der Waals surface area contributed by atoms with Crippen molar-refractivity contribution in [3.63, 3.8) is 0 Å². The van der Waals surface area contributed by atoms with Crippen molar-refractivity contribution in [3.8, 4) is 0 Å². The van der Waals surface area contributed by atoms with Gasteiger partial charge in [-0.25, -0.2) is 4.79 Å². The zero-order valence-electron chi connectivity index (χ0n) is 13.4. The number of carbonyl (C=O) groups is 3. The van der Waals surface area contributed by atoms with Gasteiger partial charge in [-0.15, -0.1) is 23.1 Å². The molecule has 1 aromatic rings. The molecule has 3 N–H and O–H groups in total. The van der Waals surface area contributed by atoms with Crippen molar-refractivity contribution >= 4 is 40.9 Å². The van der Waals surface area contributed by atoms with Crippen LogP contribution in [0.1, 0.15) is 18.2 Å². The number of nitrogens with one attached hydrogen (secondary N) is 1. The van der Waals surface area contributed by atoms with Gasteiger partial charge in [-0.1, -0.05) is 13.0 Å². The number of aliphatic hydroxyl groups excluding tert-OH is 1. The first-order valence-corrected chi connectivity index (χ1v) is 9.66. The lowest BCUT2D eigenvalue weighted by molar-refractivity contribution is -0.160. The van der Waals surface area contributed by atoms with E-state index in [4.69, 9.17) is 0 Å². The van der Waals surface area contributed by atoms with E-state index in [1.165, 1.54) is 28.0 Å². The van der Waals surface area contributed by atoms with Crippen LogP contribution < -0.4 is 5.32 Å². The van der Waals surface area contributed by atoms with Crippen molar-refractivity contribution in [2.24, 2.45) is 0 Å². The van der Waals surface area contributed by atoms with E-state index in [1.54, 1.807) is 12.3 Å². The van der Waals surface area contributed by atoms with Gasteiger partial charge in [0.25, 0.3) is 0 Å². The summed E-state index contributed by atoms with van der Waals surface area (Å²) >= 11 is 2.72. The Kier molecular flexibility index (Phi) is 5.16. The fourth-order valence-corrected chi connectivity index (χ4v) is 4.95. The molecule has 2 aliphatic rings. The number of thiophene rings is 1. The third-order valence-electron chi connectivity index (χ3n) is 4.25. The lowest BCUT2D eigenvalue weighted by atomic mass is 9.94. The molecule has 1 aromatic heterocycles. The van der Waals surface area contributed by atoms with E-state index in [-0.39, 0.29) is 12.3 Å². The summed E-state index contributed by atoms with van der Waals surface area (Å²) in [7, 11) is 0. The van der Waals surface area contributed by atoms with Gasteiger partial charge < -0.3 is 20.4 Å². The largest absolute Gasteiger partial charge is 0.479 e. The van der Waals surface area contributed by atoms with E-state index in [9.17, 15) is 24.6 Å². The van der Waals surface area contributed by atoms with Gasteiger partial charge in [0.1, 0.15) is 11.4 Å². The number of thioether (sulfide) groups is 1. The Labute approximate surface area is 152 Å². The number of rotatable bonds is 6. The van der Waals surface area contributed by atoms with Crippen molar-refractivity contribution < 1.29 is 24.6 Å². The molecule has 1 fully saturated rings. The Morgan fingerprint density at radius 2 is 2.20 bits per heavy atom. The van der Waals surface area contributed by atoms with Gasteiger partial charge in [-0.05, 0) is 28.8 Å². The van der Waals surface area contributed by atoms with Gasteiger partial charge >= 0.3 is 5.97 Å². The van der Waals surface area contributed by atoms with Crippen LogP contribution in [-0.4, -0.2) is 56.5 Å². The predicted molar refractivity (Wildman–Crippen MR) is 94.0 cm³/mol. The molecule has 3 heterocycles. The summed E-state index contributed by atoms with van der Waals surface area (Å²) in [5.74, 6) is -1.88. The quantitative estimate of drug-likeness (QED) is 0.628. The standard InChI is InChI=1S/C16H18N2O5S2/c1-2-10(19)9-7-25-15-12(14(21)18(15)13(9)16(22)23)17-11(20)6-8-4-3-5-24-8/h3-5,7,10,12-13,15,19H,2,6H2,1H3,(H,17,20)(H,22,23)/t10?,12?,13?,15-/m0/s1. The molecule has 9 heteroatoms. The second-order valence-electron chi connectivity index (χ2n) is 5.86. The summed E-state index contributed by atoms with van der Waals surface area (Å²) in [6, 6.07) is 1.77. The van der Waals surface area contributed by atoms with Crippen LogP contribution in [0.15, 0.2) is 28.5 Å². The maximum atomic E-state index is 12.4. The minimum absolute atomic E-state index is 0.191. The SMILES string of the molecule is CCC(O)C1=CS[C@H]2C(NC(=O)Cc3cccs3)C(=O)N2C1C(=O)O. The fraction of sp³-hybridized carbons (Fsp3) is 0.438. The van der Waals surface area contributed by atoms with E-state index in [2.05, 4.69) is 5.32 Å². The highest BCUT2D eigenvalue weighted by Gasteiger charge is 2.56. The molecule has 3 rings (SSSR count). The number of β-lactam (4-membered cyclic amide) rings is 1. The Morgan fingerprint density at radius 3 is 2.80 bits per heavy atom. The smallest absolute Gasteiger partial charge is 0.330 e. The van der Waals surface area contributed by atoms with E-state index in [0.717, 1.165) is 4.88 Å². The Morgan fingerprint density at radius 1 is 1.44 bits per heavy atom. The molecule has 0 saturated carbocycles. The first kappa shape index (κ1) is 18.0. The summed E-state index contributed by atoms with van der Waals surface area (Å²) in [6.45, 7) is 1.74. The van der Waals surface area contributed by atoms with Crippen molar-refractivity contribution in [1.82, 2.24) is 10.2 Å². The van der Waals surface area contributed by atoms with Crippen LogP contribution in [-0.2, 0) is 20.8 Å². The monoisotopic (exact) mass is 382 g/mol. The van der Waals surface area contributed by atoms with Gasteiger partial charge in [0.2, 0.25) is 11.8 Å². The molecule has 3 unspecified atom stereocenters. The molecular formula is C16H18N2O5S2. The van der Waals surface area contributed by atoms with Crippen molar-refractivity contribution in [2.75, 3.05) is 0 Å². The van der Waals surface area contributed by atoms with E-state index < -0.39 is 35.4 Å². The van der Waals surface area contributed by atoms with Gasteiger partial charge in [0, 0.05) is 4.88 Å². The van der Waals surface area contributed by atoms with Crippen molar-refractivity contribution in [2.45, 2.75) is 43.3 Å². The summed E-state index contributed by atoms with van der Waals surface area (Å²) in [5, 5.41) is 25.2.